The van der Waals surface area contributed by atoms with Gasteiger partial charge in [0.25, 0.3) is 0 Å². The Kier molecular flexibility index (Phi) is 7.11. The van der Waals surface area contributed by atoms with E-state index in [9.17, 15) is 0 Å². The molecular formula is C18H20CuN4+. The number of rotatable bonds is 4. The van der Waals surface area contributed by atoms with Gasteiger partial charge in [0, 0.05) is 24.8 Å². The van der Waals surface area contributed by atoms with Gasteiger partial charge in [0.15, 0.2) is 0 Å². The second kappa shape index (κ2) is 9.33. The number of nitrogens with zero attached hydrogens (tertiary/aromatic N) is 4. The van der Waals surface area contributed by atoms with E-state index in [1.165, 1.54) is 12.8 Å². The second-order valence-electron chi connectivity index (χ2n) is 5.48. The van der Waals surface area contributed by atoms with Gasteiger partial charge in [-0.2, -0.15) is 0 Å². The Balaban J connectivity index is 0.00000192. The fraction of sp³-hybridized carbons (Fsp3) is 0.333. The average Bonchev–Trinajstić information content (AvgIpc) is 2.61. The molecule has 5 heteroatoms. The van der Waals surface area contributed by atoms with Gasteiger partial charge in [0.05, 0.1) is 23.5 Å². The molecule has 1 fully saturated rings. The average molecular weight is 356 g/mol. The summed E-state index contributed by atoms with van der Waals surface area (Å²) in [6.45, 7) is 0. The molecule has 0 radical (unpaired) electrons. The van der Waals surface area contributed by atoms with Crippen LogP contribution in [0, 0.1) is 0 Å². The van der Waals surface area contributed by atoms with Crippen LogP contribution in [0.1, 0.15) is 37.1 Å². The Bertz CT molecular complexity index is 570. The van der Waals surface area contributed by atoms with E-state index in [4.69, 9.17) is 9.98 Å². The first-order valence-corrected chi connectivity index (χ1v) is 7.80. The molecule has 0 saturated heterocycles. The van der Waals surface area contributed by atoms with Crippen molar-refractivity contribution >= 4 is 12.4 Å². The molecule has 0 bridgehead atoms. The molecule has 0 amide bonds. The Labute approximate surface area is 147 Å². The molecule has 3 rings (SSSR count). The van der Waals surface area contributed by atoms with Gasteiger partial charge in [0.2, 0.25) is 0 Å². The standard InChI is InChI=1S/C18H20N4.Cu/c1-2-10-18(22-14-16-8-4-6-12-20-16)17(9-1)21-13-15-7-3-5-11-19-15;/h3-8,11-14,17-18H,1-2,9-10H2;/q;+1. The molecular weight excluding hydrogens is 336 g/mol. The molecule has 1 aliphatic rings. The van der Waals surface area contributed by atoms with Crippen molar-refractivity contribution in [3.8, 4) is 0 Å². The predicted octanol–water partition coefficient (Wildman–Crippen LogP) is 3.32. The molecule has 0 aromatic carbocycles. The minimum absolute atomic E-state index is 0. The zero-order valence-electron chi connectivity index (χ0n) is 12.8. The minimum Gasteiger partial charge on any atom is -0.285 e. The van der Waals surface area contributed by atoms with Crippen LogP contribution in [-0.2, 0) is 17.1 Å². The third kappa shape index (κ3) is 5.38. The summed E-state index contributed by atoms with van der Waals surface area (Å²) in [6.07, 6.45) is 12.0. The molecule has 0 N–H and O–H groups in total. The van der Waals surface area contributed by atoms with Crippen molar-refractivity contribution < 1.29 is 17.1 Å². The molecule has 2 unspecified atom stereocenters. The number of aliphatic imine (C=N–C) groups is 2. The molecule has 0 aliphatic heterocycles. The number of aromatic nitrogens is 2. The van der Waals surface area contributed by atoms with Crippen LogP contribution in [0.15, 0.2) is 58.8 Å². The van der Waals surface area contributed by atoms with Crippen LogP contribution in [0.4, 0.5) is 0 Å². The van der Waals surface area contributed by atoms with Gasteiger partial charge in [-0.1, -0.05) is 25.0 Å². The van der Waals surface area contributed by atoms with Crippen LogP contribution in [0.5, 0.6) is 0 Å². The van der Waals surface area contributed by atoms with E-state index in [1.54, 1.807) is 12.4 Å². The van der Waals surface area contributed by atoms with Crippen molar-refractivity contribution in [1.82, 2.24) is 9.97 Å². The maximum Gasteiger partial charge on any atom is 1.00 e. The molecule has 2 aromatic rings. The first-order valence-electron chi connectivity index (χ1n) is 7.80. The number of pyridine rings is 2. The summed E-state index contributed by atoms with van der Waals surface area (Å²) < 4.78 is 0. The quantitative estimate of drug-likeness (QED) is 0.624. The van der Waals surface area contributed by atoms with Gasteiger partial charge >= 0.3 is 17.1 Å². The van der Waals surface area contributed by atoms with E-state index >= 15 is 0 Å². The molecule has 1 aliphatic carbocycles. The predicted molar refractivity (Wildman–Crippen MR) is 89.7 cm³/mol. The van der Waals surface area contributed by atoms with Crippen molar-refractivity contribution in [2.75, 3.05) is 0 Å². The van der Waals surface area contributed by atoms with Crippen molar-refractivity contribution in [1.29, 1.82) is 0 Å². The summed E-state index contributed by atoms with van der Waals surface area (Å²) in [7, 11) is 0. The van der Waals surface area contributed by atoms with E-state index in [1.807, 2.05) is 48.8 Å². The van der Waals surface area contributed by atoms with Crippen molar-refractivity contribution in [3.63, 3.8) is 0 Å². The van der Waals surface area contributed by atoms with Gasteiger partial charge in [-0.05, 0) is 37.1 Å². The van der Waals surface area contributed by atoms with Crippen LogP contribution >= 0.6 is 0 Å². The molecule has 122 valence electrons. The molecule has 2 heterocycles. The first-order chi connectivity index (χ1) is 10.9. The van der Waals surface area contributed by atoms with Crippen LogP contribution in [0.3, 0.4) is 0 Å². The molecule has 2 atom stereocenters. The van der Waals surface area contributed by atoms with Crippen LogP contribution < -0.4 is 0 Å². The van der Waals surface area contributed by atoms with Crippen molar-refractivity contribution in [3.05, 3.63) is 60.2 Å². The largest absolute Gasteiger partial charge is 1.00 e. The minimum atomic E-state index is 0. The van der Waals surface area contributed by atoms with E-state index < -0.39 is 0 Å². The third-order valence-corrected chi connectivity index (χ3v) is 3.87. The fourth-order valence-electron chi connectivity index (χ4n) is 2.69. The number of hydrogen-bond donors (Lipinski definition) is 0. The van der Waals surface area contributed by atoms with Crippen LogP contribution in [0.2, 0.25) is 0 Å². The summed E-state index contributed by atoms with van der Waals surface area (Å²) in [6, 6.07) is 12.2. The Morgan fingerprint density at radius 3 is 1.65 bits per heavy atom. The van der Waals surface area contributed by atoms with Gasteiger partial charge in [-0.3, -0.25) is 20.0 Å². The van der Waals surface area contributed by atoms with Crippen molar-refractivity contribution in [2.24, 2.45) is 9.98 Å². The van der Waals surface area contributed by atoms with Crippen molar-refractivity contribution in [2.45, 2.75) is 37.8 Å². The van der Waals surface area contributed by atoms with Crippen LogP contribution in [0.25, 0.3) is 0 Å². The molecule has 0 spiro atoms. The van der Waals surface area contributed by atoms with E-state index in [2.05, 4.69) is 9.97 Å². The third-order valence-electron chi connectivity index (χ3n) is 3.87. The van der Waals surface area contributed by atoms with Gasteiger partial charge in [0.1, 0.15) is 0 Å². The Morgan fingerprint density at radius 2 is 1.26 bits per heavy atom. The molecule has 23 heavy (non-hydrogen) atoms. The summed E-state index contributed by atoms with van der Waals surface area (Å²) in [5.74, 6) is 0. The fourth-order valence-corrected chi connectivity index (χ4v) is 2.69. The summed E-state index contributed by atoms with van der Waals surface area (Å²) in [5.41, 5.74) is 1.81. The molecule has 4 nitrogen and oxygen atoms in total. The Hall–Kier alpha value is -1.84. The van der Waals surface area contributed by atoms with Gasteiger partial charge < -0.3 is 0 Å². The van der Waals surface area contributed by atoms with E-state index in [0.717, 1.165) is 24.2 Å². The summed E-state index contributed by atoms with van der Waals surface area (Å²) >= 11 is 0. The second-order valence-corrected chi connectivity index (χ2v) is 5.48. The maximum atomic E-state index is 4.73. The molecule has 2 aromatic heterocycles. The zero-order valence-corrected chi connectivity index (χ0v) is 13.8. The monoisotopic (exact) mass is 355 g/mol. The van der Waals surface area contributed by atoms with Gasteiger partial charge in [-0.15, -0.1) is 0 Å². The zero-order chi connectivity index (χ0) is 15.0. The van der Waals surface area contributed by atoms with Gasteiger partial charge in [-0.25, -0.2) is 0 Å². The summed E-state index contributed by atoms with van der Waals surface area (Å²) in [4.78, 5) is 18.0. The maximum absolute atomic E-state index is 4.73. The first kappa shape index (κ1) is 17.5. The van der Waals surface area contributed by atoms with E-state index in [0.29, 0.717) is 0 Å². The van der Waals surface area contributed by atoms with E-state index in [-0.39, 0.29) is 29.2 Å². The SMILES string of the molecule is C(=NC1CCCCC1N=Cc1ccccn1)c1ccccn1.[Cu+]. The summed E-state index contributed by atoms with van der Waals surface area (Å²) in [5, 5.41) is 0. The Morgan fingerprint density at radius 1 is 0.783 bits per heavy atom. The smallest absolute Gasteiger partial charge is 0.285 e. The topological polar surface area (TPSA) is 50.5 Å². The normalized spacial score (nSPS) is 21.4. The number of hydrogen-bond acceptors (Lipinski definition) is 4. The molecule has 1 saturated carbocycles. The van der Waals surface area contributed by atoms with Crippen LogP contribution in [-0.4, -0.2) is 34.5 Å².